The standard InChI is InChI=1S/C15H19F4N/c16-12-5-3-4-11(10-12)8-9-20-14-7-2-1-6-13(14)15(17,18)19/h3-5,10,13-14,20H,1-2,6-9H2. The van der Waals surface area contributed by atoms with Gasteiger partial charge in [-0.05, 0) is 43.5 Å². The van der Waals surface area contributed by atoms with Gasteiger partial charge in [0.2, 0.25) is 0 Å². The van der Waals surface area contributed by atoms with E-state index in [1.54, 1.807) is 12.1 Å². The molecule has 1 nitrogen and oxygen atoms in total. The summed E-state index contributed by atoms with van der Waals surface area (Å²) in [4.78, 5) is 0. The molecular weight excluding hydrogens is 270 g/mol. The van der Waals surface area contributed by atoms with Crippen molar-refractivity contribution in [3.63, 3.8) is 0 Å². The predicted molar refractivity (Wildman–Crippen MR) is 69.9 cm³/mol. The van der Waals surface area contributed by atoms with Gasteiger partial charge in [-0.3, -0.25) is 0 Å². The minimum Gasteiger partial charge on any atom is -0.313 e. The summed E-state index contributed by atoms with van der Waals surface area (Å²) in [7, 11) is 0. The monoisotopic (exact) mass is 289 g/mol. The van der Waals surface area contributed by atoms with Crippen LogP contribution in [0.5, 0.6) is 0 Å². The number of halogens is 4. The van der Waals surface area contributed by atoms with Crippen LogP contribution < -0.4 is 5.32 Å². The molecule has 1 saturated carbocycles. The number of alkyl halides is 3. The van der Waals surface area contributed by atoms with Crippen molar-refractivity contribution in [2.24, 2.45) is 5.92 Å². The molecule has 1 aliphatic rings. The van der Waals surface area contributed by atoms with Gasteiger partial charge in [0, 0.05) is 6.04 Å². The van der Waals surface area contributed by atoms with Crippen LogP contribution in [-0.2, 0) is 6.42 Å². The zero-order chi connectivity index (χ0) is 14.6. The molecule has 0 amide bonds. The normalized spacial score (nSPS) is 23.8. The van der Waals surface area contributed by atoms with Crippen LogP contribution >= 0.6 is 0 Å². The molecule has 2 unspecified atom stereocenters. The van der Waals surface area contributed by atoms with E-state index in [0.29, 0.717) is 25.8 Å². The summed E-state index contributed by atoms with van der Waals surface area (Å²) in [6.45, 7) is 0.445. The van der Waals surface area contributed by atoms with Crippen molar-refractivity contribution in [3.8, 4) is 0 Å². The van der Waals surface area contributed by atoms with Gasteiger partial charge in [0.15, 0.2) is 0 Å². The molecule has 1 aliphatic carbocycles. The number of benzene rings is 1. The Morgan fingerprint density at radius 2 is 1.90 bits per heavy atom. The number of hydrogen-bond donors (Lipinski definition) is 1. The van der Waals surface area contributed by atoms with E-state index < -0.39 is 18.1 Å². The first-order valence-corrected chi connectivity index (χ1v) is 7.01. The van der Waals surface area contributed by atoms with Crippen molar-refractivity contribution in [3.05, 3.63) is 35.6 Å². The van der Waals surface area contributed by atoms with E-state index in [0.717, 1.165) is 12.0 Å². The van der Waals surface area contributed by atoms with Crippen LogP contribution in [0.2, 0.25) is 0 Å². The van der Waals surface area contributed by atoms with Crippen molar-refractivity contribution in [2.45, 2.75) is 44.3 Å². The average Bonchev–Trinajstić information content (AvgIpc) is 2.38. The number of hydrogen-bond acceptors (Lipinski definition) is 1. The van der Waals surface area contributed by atoms with Gasteiger partial charge >= 0.3 is 6.18 Å². The first-order chi connectivity index (χ1) is 9.47. The van der Waals surface area contributed by atoms with Crippen molar-refractivity contribution in [2.75, 3.05) is 6.54 Å². The minimum absolute atomic E-state index is 0.209. The van der Waals surface area contributed by atoms with E-state index in [4.69, 9.17) is 0 Å². The molecule has 0 bridgehead atoms. The van der Waals surface area contributed by atoms with Crippen molar-refractivity contribution in [1.29, 1.82) is 0 Å². The molecule has 0 radical (unpaired) electrons. The molecular formula is C15H19F4N. The maximum atomic E-state index is 13.0. The van der Waals surface area contributed by atoms with E-state index in [-0.39, 0.29) is 12.2 Å². The second kappa shape index (κ2) is 6.57. The lowest BCUT2D eigenvalue weighted by Crippen LogP contribution is -2.46. The van der Waals surface area contributed by atoms with E-state index in [1.807, 2.05) is 0 Å². The third kappa shape index (κ3) is 4.20. The predicted octanol–water partition coefficient (Wildman–Crippen LogP) is 4.08. The highest BCUT2D eigenvalue weighted by Gasteiger charge is 2.45. The molecule has 1 fully saturated rings. The Hall–Kier alpha value is -1.10. The maximum absolute atomic E-state index is 13.0. The van der Waals surface area contributed by atoms with E-state index in [9.17, 15) is 17.6 Å². The fourth-order valence-corrected chi connectivity index (χ4v) is 2.86. The molecule has 2 rings (SSSR count). The Morgan fingerprint density at radius 1 is 1.15 bits per heavy atom. The molecule has 1 aromatic rings. The van der Waals surface area contributed by atoms with Crippen LogP contribution in [-0.4, -0.2) is 18.8 Å². The molecule has 0 heterocycles. The number of nitrogens with one attached hydrogen (secondary N) is 1. The SMILES string of the molecule is Fc1cccc(CCNC2CCCCC2C(F)(F)F)c1. The average molecular weight is 289 g/mol. The van der Waals surface area contributed by atoms with Crippen LogP contribution in [0, 0.1) is 11.7 Å². The maximum Gasteiger partial charge on any atom is 0.393 e. The van der Waals surface area contributed by atoms with E-state index >= 15 is 0 Å². The van der Waals surface area contributed by atoms with Crippen LogP contribution in [0.4, 0.5) is 17.6 Å². The van der Waals surface area contributed by atoms with Gasteiger partial charge in [0.1, 0.15) is 5.82 Å². The van der Waals surface area contributed by atoms with Gasteiger partial charge < -0.3 is 5.32 Å². The first-order valence-electron chi connectivity index (χ1n) is 7.01. The van der Waals surface area contributed by atoms with E-state index in [2.05, 4.69) is 5.32 Å². The number of rotatable bonds is 4. The van der Waals surface area contributed by atoms with Crippen molar-refractivity contribution < 1.29 is 17.6 Å². The van der Waals surface area contributed by atoms with Gasteiger partial charge in [-0.2, -0.15) is 13.2 Å². The molecule has 0 aromatic heterocycles. The highest BCUT2D eigenvalue weighted by atomic mass is 19.4. The molecule has 2 atom stereocenters. The van der Waals surface area contributed by atoms with E-state index in [1.165, 1.54) is 12.1 Å². The van der Waals surface area contributed by atoms with Crippen LogP contribution in [0.15, 0.2) is 24.3 Å². The molecule has 0 spiro atoms. The summed E-state index contributed by atoms with van der Waals surface area (Å²) >= 11 is 0. The van der Waals surface area contributed by atoms with Crippen LogP contribution in [0.1, 0.15) is 31.2 Å². The van der Waals surface area contributed by atoms with Gasteiger partial charge in [0.25, 0.3) is 0 Å². The molecule has 112 valence electrons. The first kappa shape index (κ1) is 15.3. The Balaban J connectivity index is 1.85. The second-order valence-corrected chi connectivity index (χ2v) is 5.37. The lowest BCUT2D eigenvalue weighted by molar-refractivity contribution is -0.188. The summed E-state index contributed by atoms with van der Waals surface area (Å²) in [5.74, 6) is -1.56. The lowest BCUT2D eigenvalue weighted by Gasteiger charge is -2.33. The second-order valence-electron chi connectivity index (χ2n) is 5.37. The zero-order valence-corrected chi connectivity index (χ0v) is 11.2. The highest BCUT2D eigenvalue weighted by Crippen LogP contribution is 2.37. The van der Waals surface area contributed by atoms with Gasteiger partial charge in [-0.15, -0.1) is 0 Å². The Bertz CT molecular complexity index is 430. The van der Waals surface area contributed by atoms with Gasteiger partial charge in [-0.25, -0.2) is 4.39 Å². The lowest BCUT2D eigenvalue weighted by atomic mass is 9.84. The summed E-state index contributed by atoms with van der Waals surface area (Å²) in [5, 5.41) is 3.00. The summed E-state index contributed by atoms with van der Waals surface area (Å²) in [6.07, 6.45) is -1.33. The third-order valence-electron chi connectivity index (χ3n) is 3.90. The quantitative estimate of drug-likeness (QED) is 0.824. The summed E-state index contributed by atoms with van der Waals surface area (Å²) in [5.41, 5.74) is 0.803. The molecule has 1 aromatic carbocycles. The fraction of sp³-hybridized carbons (Fsp3) is 0.600. The van der Waals surface area contributed by atoms with Crippen LogP contribution in [0.3, 0.4) is 0 Å². The molecule has 0 aliphatic heterocycles. The van der Waals surface area contributed by atoms with Gasteiger partial charge in [-0.1, -0.05) is 25.0 Å². The Morgan fingerprint density at radius 3 is 2.60 bits per heavy atom. The molecule has 1 N–H and O–H groups in total. The summed E-state index contributed by atoms with van der Waals surface area (Å²) < 4.78 is 51.7. The van der Waals surface area contributed by atoms with Gasteiger partial charge in [0.05, 0.1) is 5.92 Å². The largest absolute Gasteiger partial charge is 0.393 e. The third-order valence-corrected chi connectivity index (χ3v) is 3.90. The molecule has 5 heteroatoms. The molecule has 0 saturated heterocycles. The highest BCUT2D eigenvalue weighted by molar-refractivity contribution is 5.16. The smallest absolute Gasteiger partial charge is 0.313 e. The topological polar surface area (TPSA) is 12.0 Å². The van der Waals surface area contributed by atoms with Crippen molar-refractivity contribution >= 4 is 0 Å². The minimum atomic E-state index is -4.13. The summed E-state index contributed by atoms with van der Waals surface area (Å²) in [6, 6.07) is 5.68. The zero-order valence-electron chi connectivity index (χ0n) is 11.2. The Kier molecular flexibility index (Phi) is 5.02. The van der Waals surface area contributed by atoms with Crippen molar-refractivity contribution in [1.82, 2.24) is 5.32 Å². The fourth-order valence-electron chi connectivity index (χ4n) is 2.86. The Labute approximate surface area is 116 Å². The van der Waals surface area contributed by atoms with Crippen LogP contribution in [0.25, 0.3) is 0 Å². The molecule has 20 heavy (non-hydrogen) atoms.